The number of carbonyl (C=O) groups is 1. The molecule has 2 aliphatic heterocycles. The van der Waals surface area contributed by atoms with E-state index >= 15 is 0 Å². The van der Waals surface area contributed by atoms with Gasteiger partial charge in [0.1, 0.15) is 10.0 Å². The maximum absolute atomic E-state index is 13.7. The molecule has 3 aromatic rings. The second-order valence-electron chi connectivity index (χ2n) is 12.1. The molecule has 0 aliphatic carbocycles. The highest BCUT2D eigenvalue weighted by atomic mass is 32.2. The Bertz CT molecular complexity index is 1610. The molecule has 234 valence electrons. The van der Waals surface area contributed by atoms with E-state index in [0.717, 1.165) is 30.5 Å². The van der Waals surface area contributed by atoms with Gasteiger partial charge in [-0.05, 0) is 55.0 Å². The fraction of sp³-hybridized carbons (Fsp3) is 0.441. The van der Waals surface area contributed by atoms with Gasteiger partial charge in [-0.1, -0.05) is 107 Å². The molecule has 44 heavy (non-hydrogen) atoms. The van der Waals surface area contributed by atoms with Gasteiger partial charge >= 0.3 is 0 Å². The predicted molar refractivity (Wildman–Crippen MR) is 184 cm³/mol. The maximum atomic E-state index is 13.7. The third-order valence-electron chi connectivity index (χ3n) is 8.24. The fourth-order valence-electron chi connectivity index (χ4n) is 6.07. The van der Waals surface area contributed by atoms with Gasteiger partial charge in [0.25, 0.3) is 5.91 Å². The van der Waals surface area contributed by atoms with E-state index in [-0.39, 0.29) is 10.8 Å². The highest BCUT2D eigenvalue weighted by Gasteiger charge is 2.33. The Morgan fingerprint density at radius 2 is 1.68 bits per heavy atom. The summed E-state index contributed by atoms with van der Waals surface area (Å²) in [6, 6.07) is 16.8. The van der Waals surface area contributed by atoms with E-state index < -0.39 is 10.0 Å². The van der Waals surface area contributed by atoms with E-state index in [1.165, 1.54) is 37.4 Å². The molecule has 0 spiro atoms. The van der Waals surface area contributed by atoms with E-state index in [9.17, 15) is 13.2 Å². The zero-order valence-electron chi connectivity index (χ0n) is 25.8. The summed E-state index contributed by atoms with van der Waals surface area (Å²) in [5.41, 5.74) is 2.87. The highest BCUT2D eigenvalue weighted by Crippen LogP contribution is 2.36. The van der Waals surface area contributed by atoms with Crippen LogP contribution in [0.1, 0.15) is 71.3 Å². The molecule has 2 saturated heterocycles. The number of rotatable bonds is 12. The molecule has 2 aliphatic rings. The minimum Gasteiger partial charge on any atom is -0.293 e. The van der Waals surface area contributed by atoms with Crippen molar-refractivity contribution in [3.05, 3.63) is 71.3 Å². The average Bonchev–Trinajstić information content (AvgIpc) is 3.55. The van der Waals surface area contributed by atoms with Gasteiger partial charge in [0.05, 0.1) is 15.5 Å². The zero-order valence-corrected chi connectivity index (χ0v) is 28.3. The van der Waals surface area contributed by atoms with Crippen molar-refractivity contribution in [1.82, 2.24) is 19.0 Å². The standard InChI is InChI=1S/C34H42N4O3S3/c1-4-5-6-7-8-12-18-37-33(39)31(43-34(37)42)21-28-24-38(29-15-10-9-11-16-29)35-32(28)27-14-13-17-30(20-27)44(40,41)36-22-25(2)19-26(3)23-36/h9-11,13-17,20-21,24-26H,4-8,12,18-19,22-23H2,1-3H3/b31-21-. The van der Waals surface area contributed by atoms with E-state index in [4.69, 9.17) is 17.3 Å². The number of benzene rings is 2. The topological polar surface area (TPSA) is 75.5 Å². The molecule has 2 unspecified atom stereocenters. The quantitative estimate of drug-likeness (QED) is 0.113. The molecule has 10 heteroatoms. The summed E-state index contributed by atoms with van der Waals surface area (Å²) in [6.45, 7) is 8.08. The van der Waals surface area contributed by atoms with Gasteiger partial charge in [0.2, 0.25) is 10.0 Å². The normalized spacial score (nSPS) is 20.6. The molecular formula is C34H42N4O3S3. The van der Waals surface area contributed by atoms with E-state index in [0.29, 0.717) is 52.0 Å². The van der Waals surface area contributed by atoms with Crippen molar-refractivity contribution < 1.29 is 13.2 Å². The SMILES string of the molecule is CCCCCCCCN1C(=O)/C(=C/c2cn(-c3ccccc3)nc2-c2cccc(S(=O)(=O)N3CC(C)CC(C)C3)c2)SC1=S. The van der Waals surface area contributed by atoms with Crippen molar-refractivity contribution in [1.29, 1.82) is 0 Å². The average molecular weight is 651 g/mol. The Morgan fingerprint density at radius 1 is 0.977 bits per heavy atom. The number of piperidine rings is 1. The summed E-state index contributed by atoms with van der Waals surface area (Å²) in [7, 11) is -3.68. The van der Waals surface area contributed by atoms with Gasteiger partial charge in [-0.2, -0.15) is 9.40 Å². The van der Waals surface area contributed by atoms with E-state index in [2.05, 4.69) is 20.8 Å². The first-order valence-electron chi connectivity index (χ1n) is 15.7. The minimum atomic E-state index is -3.68. The summed E-state index contributed by atoms with van der Waals surface area (Å²) in [5.74, 6) is 0.533. The molecule has 2 fully saturated rings. The van der Waals surface area contributed by atoms with Crippen LogP contribution in [0.5, 0.6) is 0 Å². The Kier molecular flexibility index (Phi) is 10.8. The van der Waals surface area contributed by atoms with Crippen LogP contribution >= 0.6 is 24.0 Å². The fourth-order valence-corrected chi connectivity index (χ4v) is 9.09. The smallest absolute Gasteiger partial charge is 0.266 e. The van der Waals surface area contributed by atoms with E-state index in [1.807, 2.05) is 48.7 Å². The lowest BCUT2D eigenvalue weighted by molar-refractivity contribution is -0.122. The molecule has 0 N–H and O–H groups in total. The molecule has 0 bridgehead atoms. The Morgan fingerprint density at radius 3 is 2.41 bits per heavy atom. The van der Waals surface area contributed by atoms with Crippen molar-refractivity contribution in [3.63, 3.8) is 0 Å². The zero-order chi connectivity index (χ0) is 31.3. The number of nitrogens with zero attached hydrogens (tertiary/aromatic N) is 4. The Labute approximate surface area is 271 Å². The number of sulfonamides is 1. The molecule has 0 radical (unpaired) electrons. The summed E-state index contributed by atoms with van der Waals surface area (Å²) in [6.07, 6.45) is 11.6. The number of unbranched alkanes of at least 4 members (excludes halogenated alkanes) is 5. The van der Waals surface area contributed by atoms with Crippen molar-refractivity contribution in [2.75, 3.05) is 19.6 Å². The lowest BCUT2D eigenvalue weighted by Crippen LogP contribution is -2.42. The molecule has 0 saturated carbocycles. The monoisotopic (exact) mass is 650 g/mol. The summed E-state index contributed by atoms with van der Waals surface area (Å²) >= 11 is 6.92. The summed E-state index contributed by atoms with van der Waals surface area (Å²) in [4.78, 5) is 16.0. The van der Waals surface area contributed by atoms with Crippen LogP contribution in [0.4, 0.5) is 0 Å². The predicted octanol–water partition coefficient (Wildman–Crippen LogP) is 7.77. The van der Waals surface area contributed by atoms with Crippen molar-refractivity contribution in [2.45, 2.75) is 70.6 Å². The lowest BCUT2D eigenvalue weighted by atomic mass is 9.94. The van der Waals surface area contributed by atoms with E-state index in [1.54, 1.807) is 32.1 Å². The molecule has 7 nitrogen and oxygen atoms in total. The van der Waals surface area contributed by atoms with Gasteiger partial charge in [-0.15, -0.1) is 0 Å². The Balaban J connectivity index is 1.45. The lowest BCUT2D eigenvalue weighted by Gasteiger charge is -2.34. The highest BCUT2D eigenvalue weighted by molar-refractivity contribution is 8.26. The van der Waals surface area contributed by atoms with Gasteiger partial charge in [-0.25, -0.2) is 13.1 Å². The van der Waals surface area contributed by atoms with Crippen molar-refractivity contribution in [3.8, 4) is 16.9 Å². The number of carbonyl (C=O) groups excluding carboxylic acids is 1. The van der Waals surface area contributed by atoms with Gasteiger partial charge in [0, 0.05) is 37.0 Å². The Hall–Kier alpha value is -2.79. The second-order valence-corrected chi connectivity index (χ2v) is 15.7. The molecule has 1 aromatic heterocycles. The maximum Gasteiger partial charge on any atom is 0.266 e. The van der Waals surface area contributed by atoms with Crippen LogP contribution in [-0.2, 0) is 14.8 Å². The van der Waals surface area contributed by atoms with Crippen LogP contribution in [0, 0.1) is 11.8 Å². The van der Waals surface area contributed by atoms with Crippen molar-refractivity contribution >= 4 is 50.3 Å². The summed E-state index contributed by atoms with van der Waals surface area (Å²) < 4.78 is 31.5. The van der Waals surface area contributed by atoms with Crippen LogP contribution in [0.2, 0.25) is 0 Å². The first-order chi connectivity index (χ1) is 21.2. The first-order valence-corrected chi connectivity index (χ1v) is 18.3. The van der Waals surface area contributed by atoms with Crippen LogP contribution in [0.15, 0.2) is 70.6 Å². The number of para-hydroxylation sites is 1. The minimum absolute atomic E-state index is 0.0864. The third kappa shape index (κ3) is 7.53. The number of hydrogen-bond acceptors (Lipinski definition) is 6. The van der Waals surface area contributed by atoms with Gasteiger partial charge in [-0.3, -0.25) is 9.69 Å². The largest absolute Gasteiger partial charge is 0.293 e. The molecule has 3 heterocycles. The van der Waals surface area contributed by atoms with Crippen LogP contribution in [-0.4, -0.2) is 57.3 Å². The van der Waals surface area contributed by atoms with Gasteiger partial charge in [0.15, 0.2) is 0 Å². The second kappa shape index (κ2) is 14.5. The molecule has 2 atom stereocenters. The first kappa shape index (κ1) is 32.6. The third-order valence-corrected chi connectivity index (χ3v) is 11.4. The van der Waals surface area contributed by atoms with Crippen LogP contribution in [0.3, 0.4) is 0 Å². The summed E-state index contributed by atoms with van der Waals surface area (Å²) in [5, 5.41) is 4.90. The number of amides is 1. The number of thiocarbonyl (C=S) groups is 1. The molecule has 2 aromatic carbocycles. The number of aromatic nitrogens is 2. The number of thioether (sulfide) groups is 1. The molecular weight excluding hydrogens is 609 g/mol. The van der Waals surface area contributed by atoms with Crippen molar-refractivity contribution in [2.24, 2.45) is 11.8 Å². The number of hydrogen-bond donors (Lipinski definition) is 0. The van der Waals surface area contributed by atoms with Crippen LogP contribution < -0.4 is 0 Å². The molecule has 5 rings (SSSR count). The van der Waals surface area contributed by atoms with Gasteiger partial charge < -0.3 is 0 Å². The van der Waals surface area contributed by atoms with Crippen LogP contribution in [0.25, 0.3) is 23.0 Å². The molecule has 1 amide bonds.